The quantitative estimate of drug-likeness (QED) is 0.309. The van der Waals surface area contributed by atoms with Crippen LogP contribution in [0, 0.1) is 0 Å². The molecule has 4 aromatic rings. The second-order valence-corrected chi connectivity index (χ2v) is 8.91. The third-order valence-corrected chi connectivity index (χ3v) is 6.49. The summed E-state index contributed by atoms with van der Waals surface area (Å²) in [6.45, 7) is 2.50. The molecule has 36 heavy (non-hydrogen) atoms. The second-order valence-electron chi connectivity index (χ2n) is 8.91. The van der Waals surface area contributed by atoms with Crippen LogP contribution in [0.3, 0.4) is 0 Å². The monoisotopic (exact) mass is 484 g/mol. The van der Waals surface area contributed by atoms with Crippen molar-refractivity contribution in [2.45, 2.75) is 52.0 Å². The van der Waals surface area contributed by atoms with E-state index in [1.165, 1.54) is 4.68 Å². The Morgan fingerprint density at radius 2 is 1.56 bits per heavy atom. The van der Waals surface area contributed by atoms with Gasteiger partial charge in [0.1, 0.15) is 0 Å². The Morgan fingerprint density at radius 3 is 2.31 bits per heavy atom. The standard InChI is InChI=1S/C27H28N6O3/c1-2-3-9-17-32-27(36)20-14-8-7-13-19(20)23(30-32)25(34)28-29-26(35)24-21-15-10-16-22(21)33(31-24)18-11-5-4-6-12-18/h4-8,11-14H,2-3,9-10,15-17H2,1H3,(H,28,34)(H,29,35). The van der Waals surface area contributed by atoms with Crippen molar-refractivity contribution in [1.82, 2.24) is 30.4 Å². The van der Waals surface area contributed by atoms with Crippen molar-refractivity contribution in [2.24, 2.45) is 0 Å². The highest BCUT2D eigenvalue weighted by Crippen LogP contribution is 2.27. The minimum atomic E-state index is -0.595. The number of carbonyl (C=O) groups excluding carboxylic acids is 2. The summed E-state index contributed by atoms with van der Waals surface area (Å²) in [7, 11) is 0. The van der Waals surface area contributed by atoms with Crippen molar-refractivity contribution in [2.75, 3.05) is 0 Å². The lowest BCUT2D eigenvalue weighted by Crippen LogP contribution is -2.43. The van der Waals surface area contributed by atoms with Gasteiger partial charge >= 0.3 is 0 Å². The van der Waals surface area contributed by atoms with Gasteiger partial charge in [-0.25, -0.2) is 9.36 Å². The number of aryl methyl sites for hydroxylation is 1. The van der Waals surface area contributed by atoms with Crippen molar-refractivity contribution in [3.05, 3.63) is 87.6 Å². The molecule has 2 heterocycles. The van der Waals surface area contributed by atoms with Gasteiger partial charge in [0.2, 0.25) is 0 Å². The average Bonchev–Trinajstić information content (AvgIpc) is 3.52. The first-order chi connectivity index (χ1) is 17.6. The summed E-state index contributed by atoms with van der Waals surface area (Å²) >= 11 is 0. The number of unbranched alkanes of at least 4 members (excludes halogenated alkanes) is 2. The minimum absolute atomic E-state index is 0.0852. The molecule has 184 valence electrons. The SMILES string of the molecule is CCCCCn1nc(C(=O)NNC(=O)c2nn(-c3ccccc3)c3c2CCC3)c2ccccc2c1=O. The van der Waals surface area contributed by atoms with E-state index in [0.29, 0.717) is 23.0 Å². The number of hydrazine groups is 1. The molecule has 0 atom stereocenters. The van der Waals surface area contributed by atoms with Crippen molar-refractivity contribution in [1.29, 1.82) is 0 Å². The maximum absolute atomic E-state index is 13.1. The van der Waals surface area contributed by atoms with Gasteiger partial charge in [-0.3, -0.25) is 25.2 Å². The molecular formula is C27H28N6O3. The lowest BCUT2D eigenvalue weighted by Gasteiger charge is -2.11. The van der Waals surface area contributed by atoms with E-state index in [0.717, 1.165) is 55.5 Å². The molecule has 1 aliphatic rings. The molecule has 0 saturated carbocycles. The van der Waals surface area contributed by atoms with Gasteiger partial charge in [-0.1, -0.05) is 56.2 Å². The summed E-state index contributed by atoms with van der Waals surface area (Å²) in [6, 6.07) is 16.6. The summed E-state index contributed by atoms with van der Waals surface area (Å²) in [4.78, 5) is 39.1. The van der Waals surface area contributed by atoms with Gasteiger partial charge in [0.05, 0.1) is 11.1 Å². The van der Waals surface area contributed by atoms with Crippen LogP contribution in [0.4, 0.5) is 0 Å². The van der Waals surface area contributed by atoms with Gasteiger partial charge in [-0.05, 0) is 43.9 Å². The normalized spacial score (nSPS) is 12.5. The number of nitrogens with one attached hydrogen (secondary N) is 2. The van der Waals surface area contributed by atoms with E-state index in [1.54, 1.807) is 28.9 Å². The first-order valence-electron chi connectivity index (χ1n) is 12.3. The molecule has 0 aliphatic heterocycles. The highest BCUT2D eigenvalue weighted by Gasteiger charge is 2.27. The van der Waals surface area contributed by atoms with E-state index < -0.39 is 11.8 Å². The van der Waals surface area contributed by atoms with Gasteiger partial charge in [-0.15, -0.1) is 0 Å². The van der Waals surface area contributed by atoms with Gasteiger partial charge in [0.25, 0.3) is 17.4 Å². The molecule has 2 N–H and O–H groups in total. The van der Waals surface area contributed by atoms with E-state index in [4.69, 9.17) is 0 Å². The zero-order valence-electron chi connectivity index (χ0n) is 20.2. The zero-order chi connectivity index (χ0) is 25.1. The number of hydrogen-bond acceptors (Lipinski definition) is 5. The van der Waals surface area contributed by atoms with Crippen LogP contribution in [-0.4, -0.2) is 31.4 Å². The van der Waals surface area contributed by atoms with E-state index in [2.05, 4.69) is 28.0 Å². The molecule has 9 heteroatoms. The fraction of sp³-hybridized carbons (Fsp3) is 0.296. The van der Waals surface area contributed by atoms with Crippen LogP contribution >= 0.6 is 0 Å². The smallest absolute Gasteiger partial charge is 0.267 e. The molecule has 5 rings (SSSR count). The predicted molar refractivity (Wildman–Crippen MR) is 136 cm³/mol. The Morgan fingerprint density at radius 1 is 0.861 bits per heavy atom. The first kappa shape index (κ1) is 23.5. The van der Waals surface area contributed by atoms with Crippen LogP contribution in [0.15, 0.2) is 59.4 Å². The highest BCUT2D eigenvalue weighted by molar-refractivity contribution is 6.06. The zero-order valence-corrected chi connectivity index (χ0v) is 20.2. The molecule has 2 aromatic heterocycles. The van der Waals surface area contributed by atoms with Crippen LogP contribution in [0.2, 0.25) is 0 Å². The fourth-order valence-corrected chi connectivity index (χ4v) is 4.70. The Bertz CT molecular complexity index is 1490. The maximum atomic E-state index is 13.1. The van der Waals surface area contributed by atoms with Gasteiger partial charge in [0, 0.05) is 23.2 Å². The third kappa shape index (κ3) is 4.39. The third-order valence-electron chi connectivity index (χ3n) is 6.49. The number of nitrogens with zero attached hydrogens (tertiary/aromatic N) is 4. The molecule has 0 saturated heterocycles. The maximum Gasteiger partial charge on any atom is 0.290 e. The predicted octanol–water partition coefficient (Wildman–Crippen LogP) is 3.34. The van der Waals surface area contributed by atoms with Crippen molar-refractivity contribution in [3.8, 4) is 5.69 Å². The van der Waals surface area contributed by atoms with Crippen LogP contribution in [-0.2, 0) is 19.4 Å². The summed E-state index contributed by atoms with van der Waals surface area (Å²) in [5.41, 5.74) is 7.94. The summed E-state index contributed by atoms with van der Waals surface area (Å²) in [5, 5.41) is 9.76. The molecule has 9 nitrogen and oxygen atoms in total. The fourth-order valence-electron chi connectivity index (χ4n) is 4.70. The van der Waals surface area contributed by atoms with Crippen molar-refractivity contribution >= 4 is 22.6 Å². The Hall–Kier alpha value is -4.27. The molecule has 2 aromatic carbocycles. The van der Waals surface area contributed by atoms with Crippen molar-refractivity contribution in [3.63, 3.8) is 0 Å². The Kier molecular flexibility index (Phi) is 6.62. The van der Waals surface area contributed by atoms with E-state index in [1.807, 2.05) is 30.3 Å². The molecule has 1 aliphatic carbocycles. The van der Waals surface area contributed by atoms with Crippen LogP contribution in [0.5, 0.6) is 0 Å². The largest absolute Gasteiger partial charge is 0.290 e. The molecule has 0 radical (unpaired) electrons. The number of rotatable bonds is 7. The number of aromatic nitrogens is 4. The van der Waals surface area contributed by atoms with Crippen LogP contribution in [0.1, 0.15) is 64.8 Å². The van der Waals surface area contributed by atoms with E-state index >= 15 is 0 Å². The highest BCUT2D eigenvalue weighted by atomic mass is 16.2. The van der Waals surface area contributed by atoms with Crippen LogP contribution in [0.25, 0.3) is 16.5 Å². The number of carbonyl (C=O) groups is 2. The number of amides is 2. The number of hydrogen-bond donors (Lipinski definition) is 2. The van der Waals surface area contributed by atoms with E-state index in [-0.39, 0.29) is 11.3 Å². The molecule has 0 bridgehead atoms. The molecule has 0 fully saturated rings. The molecule has 0 spiro atoms. The topological polar surface area (TPSA) is 111 Å². The van der Waals surface area contributed by atoms with E-state index in [9.17, 15) is 14.4 Å². The summed E-state index contributed by atoms with van der Waals surface area (Å²) < 4.78 is 3.14. The van der Waals surface area contributed by atoms with Gasteiger partial charge in [-0.2, -0.15) is 10.2 Å². The molecule has 0 unspecified atom stereocenters. The molecule has 2 amide bonds. The van der Waals surface area contributed by atoms with Crippen LogP contribution < -0.4 is 16.4 Å². The number of para-hydroxylation sites is 1. The lowest BCUT2D eigenvalue weighted by atomic mass is 10.1. The number of benzene rings is 2. The van der Waals surface area contributed by atoms with Gasteiger partial charge in [0.15, 0.2) is 11.4 Å². The summed E-state index contributed by atoms with van der Waals surface area (Å²) in [5.74, 6) is -1.08. The Labute approximate surface area is 208 Å². The first-order valence-corrected chi connectivity index (χ1v) is 12.3. The van der Waals surface area contributed by atoms with Gasteiger partial charge < -0.3 is 0 Å². The Balaban J connectivity index is 1.39. The minimum Gasteiger partial charge on any atom is -0.267 e. The lowest BCUT2D eigenvalue weighted by molar-refractivity contribution is 0.0840. The molecular weight excluding hydrogens is 456 g/mol. The number of fused-ring (bicyclic) bond motifs is 2. The van der Waals surface area contributed by atoms with Crippen molar-refractivity contribution < 1.29 is 9.59 Å². The average molecular weight is 485 g/mol. The summed E-state index contributed by atoms with van der Waals surface area (Å²) in [6.07, 6.45) is 5.29. The second kappa shape index (κ2) is 10.2.